The molecule has 1 saturated carbocycles. The fourth-order valence-electron chi connectivity index (χ4n) is 3.67. The third kappa shape index (κ3) is 1.32. The summed E-state index contributed by atoms with van der Waals surface area (Å²) in [5.41, 5.74) is 0.888. The van der Waals surface area contributed by atoms with Gasteiger partial charge in [0.25, 0.3) is 0 Å². The highest BCUT2D eigenvalue weighted by molar-refractivity contribution is 5.09. The molecule has 2 aliphatic rings. The summed E-state index contributed by atoms with van der Waals surface area (Å²) in [6.45, 7) is 10.5. The van der Waals surface area contributed by atoms with Crippen molar-refractivity contribution in [2.75, 3.05) is 6.61 Å². The Bertz CT molecular complexity index is 193. The van der Waals surface area contributed by atoms with Crippen LogP contribution in [0.25, 0.3) is 0 Å². The van der Waals surface area contributed by atoms with Crippen LogP contribution in [-0.4, -0.2) is 12.2 Å². The van der Waals surface area contributed by atoms with Gasteiger partial charge in [0.15, 0.2) is 0 Å². The van der Waals surface area contributed by atoms with Crippen molar-refractivity contribution in [2.24, 2.45) is 17.3 Å². The van der Waals surface area contributed by atoms with Crippen molar-refractivity contribution in [1.82, 2.24) is 0 Å². The van der Waals surface area contributed by atoms with Crippen LogP contribution >= 0.6 is 0 Å². The zero-order valence-corrected chi connectivity index (χ0v) is 10.1. The van der Waals surface area contributed by atoms with Gasteiger partial charge in [-0.1, -0.05) is 27.7 Å². The lowest BCUT2D eigenvalue weighted by molar-refractivity contribution is -0.176. The van der Waals surface area contributed by atoms with Crippen molar-refractivity contribution in [1.29, 1.82) is 0 Å². The van der Waals surface area contributed by atoms with Gasteiger partial charge in [-0.3, -0.25) is 0 Å². The lowest BCUT2D eigenvalue weighted by Crippen LogP contribution is -2.56. The lowest BCUT2D eigenvalue weighted by Gasteiger charge is -2.59. The molecule has 0 aromatic heterocycles. The van der Waals surface area contributed by atoms with Gasteiger partial charge in [0, 0.05) is 6.61 Å². The highest BCUT2D eigenvalue weighted by atomic mass is 16.5. The van der Waals surface area contributed by atoms with Crippen molar-refractivity contribution in [3.05, 3.63) is 0 Å². The Hall–Kier alpha value is -0.0400. The van der Waals surface area contributed by atoms with Crippen LogP contribution in [0.5, 0.6) is 0 Å². The second-order valence-corrected chi connectivity index (χ2v) is 6.03. The van der Waals surface area contributed by atoms with Gasteiger partial charge in [0.1, 0.15) is 0 Å². The van der Waals surface area contributed by atoms with Gasteiger partial charge in [-0.15, -0.1) is 0 Å². The third-order valence-electron chi connectivity index (χ3n) is 4.79. The minimum Gasteiger partial charge on any atom is -0.375 e. The molecule has 2 fully saturated rings. The van der Waals surface area contributed by atoms with Crippen LogP contribution in [0.4, 0.5) is 0 Å². The SMILES string of the molecule is CC(C)C1(C(C)C)CC2(CCCO2)C1. The molecule has 0 unspecified atom stereocenters. The molecule has 0 atom stereocenters. The first-order valence-corrected chi connectivity index (χ1v) is 6.15. The zero-order valence-electron chi connectivity index (χ0n) is 10.1. The summed E-state index contributed by atoms with van der Waals surface area (Å²) in [4.78, 5) is 0. The zero-order chi connectivity index (χ0) is 10.4. The molecule has 0 N–H and O–H groups in total. The highest BCUT2D eigenvalue weighted by Crippen LogP contribution is 2.61. The second-order valence-electron chi connectivity index (χ2n) is 6.03. The van der Waals surface area contributed by atoms with Crippen molar-refractivity contribution >= 4 is 0 Å². The molecule has 82 valence electrons. The summed E-state index contributed by atoms with van der Waals surface area (Å²) in [5, 5.41) is 0. The average molecular weight is 196 g/mol. The van der Waals surface area contributed by atoms with E-state index in [4.69, 9.17) is 4.74 Å². The van der Waals surface area contributed by atoms with E-state index in [1.54, 1.807) is 0 Å². The Morgan fingerprint density at radius 2 is 1.57 bits per heavy atom. The summed E-state index contributed by atoms with van der Waals surface area (Å²) < 4.78 is 5.93. The van der Waals surface area contributed by atoms with Gasteiger partial charge in [-0.2, -0.15) is 0 Å². The fraction of sp³-hybridized carbons (Fsp3) is 1.00. The lowest BCUT2D eigenvalue weighted by atomic mass is 9.49. The maximum Gasteiger partial charge on any atom is 0.0694 e. The monoisotopic (exact) mass is 196 g/mol. The average Bonchev–Trinajstić information content (AvgIpc) is 2.46. The van der Waals surface area contributed by atoms with Gasteiger partial charge >= 0.3 is 0 Å². The Balaban J connectivity index is 2.06. The molecule has 1 saturated heterocycles. The summed E-state index contributed by atoms with van der Waals surface area (Å²) in [5.74, 6) is 1.61. The minimum atomic E-state index is 0.314. The largest absolute Gasteiger partial charge is 0.375 e. The number of hydrogen-bond donors (Lipinski definition) is 0. The van der Waals surface area contributed by atoms with Crippen molar-refractivity contribution in [2.45, 2.75) is 59.0 Å². The highest BCUT2D eigenvalue weighted by Gasteiger charge is 2.58. The first-order chi connectivity index (χ1) is 6.51. The molecular weight excluding hydrogens is 172 g/mol. The molecule has 1 aliphatic carbocycles. The summed E-state index contributed by atoms with van der Waals surface area (Å²) >= 11 is 0. The Labute approximate surface area is 88.2 Å². The summed E-state index contributed by atoms with van der Waals surface area (Å²) in [6, 6.07) is 0. The van der Waals surface area contributed by atoms with Crippen LogP contribution < -0.4 is 0 Å². The fourth-order valence-corrected chi connectivity index (χ4v) is 3.67. The number of hydrogen-bond acceptors (Lipinski definition) is 1. The molecule has 1 heteroatoms. The molecule has 0 aromatic rings. The van der Waals surface area contributed by atoms with Crippen molar-refractivity contribution < 1.29 is 4.74 Å². The van der Waals surface area contributed by atoms with Gasteiger partial charge in [0.05, 0.1) is 5.60 Å². The molecule has 0 bridgehead atoms. The number of ether oxygens (including phenoxy) is 1. The third-order valence-corrected chi connectivity index (χ3v) is 4.79. The summed E-state index contributed by atoms with van der Waals surface area (Å²) in [6.07, 6.45) is 5.23. The molecule has 0 radical (unpaired) electrons. The maximum atomic E-state index is 5.93. The summed E-state index contributed by atoms with van der Waals surface area (Å²) in [7, 11) is 0. The molecule has 1 heterocycles. The molecule has 2 rings (SSSR count). The first-order valence-electron chi connectivity index (χ1n) is 6.15. The normalized spacial score (nSPS) is 28.7. The molecular formula is C13H24O. The van der Waals surface area contributed by atoms with E-state index in [-0.39, 0.29) is 0 Å². The van der Waals surface area contributed by atoms with Crippen LogP contribution in [0.2, 0.25) is 0 Å². The molecule has 0 aromatic carbocycles. The number of rotatable bonds is 2. The van der Waals surface area contributed by atoms with E-state index in [2.05, 4.69) is 27.7 Å². The van der Waals surface area contributed by atoms with E-state index in [0.717, 1.165) is 18.4 Å². The van der Waals surface area contributed by atoms with Gasteiger partial charge in [-0.05, 0) is 42.9 Å². The topological polar surface area (TPSA) is 9.23 Å². The maximum absolute atomic E-state index is 5.93. The Kier molecular flexibility index (Phi) is 2.42. The van der Waals surface area contributed by atoms with Gasteiger partial charge in [0.2, 0.25) is 0 Å². The predicted octanol–water partition coefficient (Wildman–Crippen LogP) is 3.63. The van der Waals surface area contributed by atoms with E-state index < -0.39 is 0 Å². The molecule has 1 nitrogen and oxygen atoms in total. The minimum absolute atomic E-state index is 0.314. The van der Waals surface area contributed by atoms with Gasteiger partial charge < -0.3 is 4.74 Å². The van der Waals surface area contributed by atoms with E-state index >= 15 is 0 Å². The van der Waals surface area contributed by atoms with Crippen LogP contribution in [0.15, 0.2) is 0 Å². The van der Waals surface area contributed by atoms with E-state index in [9.17, 15) is 0 Å². The standard InChI is InChI=1S/C13H24O/c1-10(2)13(11(3)4)8-12(9-13)6-5-7-14-12/h10-11H,5-9H2,1-4H3. The van der Waals surface area contributed by atoms with E-state index in [0.29, 0.717) is 11.0 Å². The molecule has 1 spiro atoms. The molecule has 0 amide bonds. The molecule has 14 heavy (non-hydrogen) atoms. The predicted molar refractivity (Wildman–Crippen MR) is 59.3 cm³/mol. The van der Waals surface area contributed by atoms with Crippen LogP contribution in [0.1, 0.15) is 53.4 Å². The van der Waals surface area contributed by atoms with Crippen LogP contribution in [0, 0.1) is 17.3 Å². The van der Waals surface area contributed by atoms with Crippen LogP contribution in [-0.2, 0) is 4.74 Å². The van der Waals surface area contributed by atoms with E-state index in [1.807, 2.05) is 0 Å². The second kappa shape index (κ2) is 3.23. The van der Waals surface area contributed by atoms with Crippen LogP contribution in [0.3, 0.4) is 0 Å². The quantitative estimate of drug-likeness (QED) is 0.655. The Morgan fingerprint density at radius 3 is 1.93 bits per heavy atom. The first kappa shape index (κ1) is 10.5. The van der Waals surface area contributed by atoms with E-state index in [1.165, 1.54) is 25.7 Å². The molecule has 1 aliphatic heterocycles. The Morgan fingerprint density at radius 1 is 1.00 bits per heavy atom. The van der Waals surface area contributed by atoms with Crippen molar-refractivity contribution in [3.63, 3.8) is 0 Å². The van der Waals surface area contributed by atoms with Crippen molar-refractivity contribution in [3.8, 4) is 0 Å². The smallest absolute Gasteiger partial charge is 0.0694 e. The van der Waals surface area contributed by atoms with Gasteiger partial charge in [-0.25, -0.2) is 0 Å².